The summed E-state index contributed by atoms with van der Waals surface area (Å²) in [5.41, 5.74) is 4.48. The molecule has 0 saturated carbocycles. The molecule has 0 saturated heterocycles. The summed E-state index contributed by atoms with van der Waals surface area (Å²) in [5.74, 6) is -1.18. The molecule has 0 aliphatic heterocycles. The maximum atomic E-state index is 12.5. The van der Waals surface area contributed by atoms with Crippen LogP contribution >= 0.6 is 0 Å². The van der Waals surface area contributed by atoms with Crippen molar-refractivity contribution in [2.24, 2.45) is 0 Å². The van der Waals surface area contributed by atoms with Crippen molar-refractivity contribution in [2.75, 3.05) is 16.8 Å². The van der Waals surface area contributed by atoms with Crippen LogP contribution in [0.5, 0.6) is 0 Å². The third-order valence-electron chi connectivity index (χ3n) is 3.92. The lowest BCUT2D eigenvalue weighted by atomic mass is 10.1. The standard InChI is InChI=1S/C19H22N2O2/c1-5-21(16-10-6-8-13(2)12-16)19(23)18(22)20-17-11-7-9-14(3)15(17)4/h6-12H,5H2,1-4H3,(H,20,22). The van der Waals surface area contributed by atoms with Gasteiger partial charge in [-0.2, -0.15) is 0 Å². The summed E-state index contributed by atoms with van der Waals surface area (Å²) in [6, 6.07) is 13.2. The van der Waals surface area contributed by atoms with E-state index >= 15 is 0 Å². The molecule has 2 rings (SSSR count). The van der Waals surface area contributed by atoms with Gasteiger partial charge in [0, 0.05) is 17.9 Å². The van der Waals surface area contributed by atoms with E-state index in [9.17, 15) is 9.59 Å². The molecule has 0 unspecified atom stereocenters. The van der Waals surface area contributed by atoms with Crippen LogP contribution in [0, 0.1) is 20.8 Å². The van der Waals surface area contributed by atoms with Gasteiger partial charge in [0.15, 0.2) is 0 Å². The fraction of sp³-hybridized carbons (Fsp3) is 0.263. The first kappa shape index (κ1) is 16.7. The molecule has 0 heterocycles. The highest BCUT2D eigenvalue weighted by Gasteiger charge is 2.22. The minimum absolute atomic E-state index is 0.433. The molecule has 0 bridgehead atoms. The molecule has 0 atom stereocenters. The Morgan fingerprint density at radius 3 is 2.39 bits per heavy atom. The van der Waals surface area contributed by atoms with Crippen molar-refractivity contribution in [1.29, 1.82) is 0 Å². The number of nitrogens with zero attached hydrogens (tertiary/aromatic N) is 1. The number of likely N-dealkylation sites (N-methyl/N-ethyl adjacent to an activating group) is 1. The summed E-state index contributed by atoms with van der Waals surface area (Å²) in [5, 5.41) is 2.72. The van der Waals surface area contributed by atoms with Crippen molar-refractivity contribution in [3.05, 3.63) is 59.2 Å². The van der Waals surface area contributed by atoms with Crippen molar-refractivity contribution in [1.82, 2.24) is 0 Å². The molecule has 0 fully saturated rings. The van der Waals surface area contributed by atoms with Crippen molar-refractivity contribution in [2.45, 2.75) is 27.7 Å². The topological polar surface area (TPSA) is 49.4 Å². The number of rotatable bonds is 3. The molecular weight excluding hydrogens is 288 g/mol. The van der Waals surface area contributed by atoms with Gasteiger partial charge in [-0.15, -0.1) is 0 Å². The Morgan fingerprint density at radius 1 is 1.04 bits per heavy atom. The SMILES string of the molecule is CCN(C(=O)C(=O)Nc1cccc(C)c1C)c1cccc(C)c1. The van der Waals surface area contributed by atoms with E-state index in [1.165, 1.54) is 4.90 Å². The smallest absolute Gasteiger partial charge is 0.316 e. The fourth-order valence-electron chi connectivity index (χ4n) is 2.42. The summed E-state index contributed by atoms with van der Waals surface area (Å²) in [7, 11) is 0. The van der Waals surface area contributed by atoms with Crippen molar-refractivity contribution in [3.8, 4) is 0 Å². The summed E-state index contributed by atoms with van der Waals surface area (Å²) < 4.78 is 0. The lowest BCUT2D eigenvalue weighted by Crippen LogP contribution is -2.39. The van der Waals surface area contributed by atoms with E-state index < -0.39 is 11.8 Å². The number of aryl methyl sites for hydroxylation is 2. The van der Waals surface area contributed by atoms with Gasteiger partial charge < -0.3 is 10.2 Å². The Labute approximate surface area is 137 Å². The van der Waals surface area contributed by atoms with Crippen LogP contribution in [0.2, 0.25) is 0 Å². The van der Waals surface area contributed by atoms with Gasteiger partial charge in [0.1, 0.15) is 0 Å². The highest BCUT2D eigenvalue weighted by atomic mass is 16.2. The van der Waals surface area contributed by atoms with E-state index in [0.717, 1.165) is 22.4 Å². The molecule has 0 radical (unpaired) electrons. The van der Waals surface area contributed by atoms with Gasteiger partial charge in [-0.3, -0.25) is 9.59 Å². The molecular formula is C19H22N2O2. The van der Waals surface area contributed by atoms with Gasteiger partial charge in [-0.25, -0.2) is 0 Å². The van der Waals surface area contributed by atoms with Gasteiger partial charge in [-0.05, 0) is 62.6 Å². The first-order valence-corrected chi connectivity index (χ1v) is 7.69. The van der Waals surface area contributed by atoms with Gasteiger partial charge in [0.05, 0.1) is 0 Å². The Morgan fingerprint density at radius 2 is 1.74 bits per heavy atom. The molecule has 23 heavy (non-hydrogen) atoms. The number of amides is 2. The molecule has 4 heteroatoms. The largest absolute Gasteiger partial charge is 0.318 e. The first-order chi connectivity index (χ1) is 10.9. The predicted octanol–water partition coefficient (Wildman–Crippen LogP) is 3.60. The minimum atomic E-state index is -0.623. The lowest BCUT2D eigenvalue weighted by molar-refractivity contribution is -0.134. The Bertz CT molecular complexity index is 738. The number of anilines is 2. The highest BCUT2D eigenvalue weighted by molar-refractivity contribution is 6.44. The summed E-state index contributed by atoms with van der Waals surface area (Å²) >= 11 is 0. The normalized spacial score (nSPS) is 10.3. The number of hydrogen-bond acceptors (Lipinski definition) is 2. The highest BCUT2D eigenvalue weighted by Crippen LogP contribution is 2.19. The van der Waals surface area contributed by atoms with Crippen molar-refractivity contribution >= 4 is 23.2 Å². The fourth-order valence-corrected chi connectivity index (χ4v) is 2.42. The second-order valence-electron chi connectivity index (χ2n) is 5.59. The van der Waals surface area contributed by atoms with Crippen LogP contribution in [0.25, 0.3) is 0 Å². The number of carbonyl (C=O) groups is 2. The Kier molecular flexibility index (Phi) is 5.16. The molecule has 2 amide bonds. The third-order valence-corrected chi connectivity index (χ3v) is 3.92. The van der Waals surface area contributed by atoms with Crippen LogP contribution in [-0.4, -0.2) is 18.4 Å². The van der Waals surface area contributed by atoms with Gasteiger partial charge in [0.25, 0.3) is 0 Å². The molecule has 4 nitrogen and oxygen atoms in total. The van der Waals surface area contributed by atoms with Gasteiger partial charge in [-0.1, -0.05) is 24.3 Å². The van der Waals surface area contributed by atoms with Gasteiger partial charge in [0.2, 0.25) is 0 Å². The van der Waals surface area contributed by atoms with E-state index in [-0.39, 0.29) is 0 Å². The molecule has 2 aromatic rings. The Hall–Kier alpha value is -2.62. The van der Waals surface area contributed by atoms with Crippen LogP contribution in [0.3, 0.4) is 0 Å². The number of nitrogens with one attached hydrogen (secondary N) is 1. The first-order valence-electron chi connectivity index (χ1n) is 7.69. The second kappa shape index (κ2) is 7.09. The van der Waals surface area contributed by atoms with E-state index in [2.05, 4.69) is 5.32 Å². The molecule has 0 aliphatic carbocycles. The number of benzene rings is 2. The lowest BCUT2D eigenvalue weighted by Gasteiger charge is -2.21. The molecule has 1 N–H and O–H groups in total. The summed E-state index contributed by atoms with van der Waals surface area (Å²) in [4.78, 5) is 26.3. The van der Waals surface area contributed by atoms with Crippen LogP contribution in [-0.2, 0) is 9.59 Å². The van der Waals surface area contributed by atoms with E-state index in [0.29, 0.717) is 12.2 Å². The van der Waals surface area contributed by atoms with Crippen LogP contribution in [0.4, 0.5) is 11.4 Å². The zero-order chi connectivity index (χ0) is 17.0. The summed E-state index contributed by atoms with van der Waals surface area (Å²) in [6.45, 7) is 8.14. The Balaban J connectivity index is 2.21. The molecule has 0 aromatic heterocycles. The predicted molar refractivity (Wildman–Crippen MR) is 93.8 cm³/mol. The average molecular weight is 310 g/mol. The molecule has 0 aliphatic rings. The maximum Gasteiger partial charge on any atom is 0.316 e. The van der Waals surface area contributed by atoms with Crippen molar-refractivity contribution < 1.29 is 9.59 Å². The third kappa shape index (κ3) is 3.77. The zero-order valence-corrected chi connectivity index (χ0v) is 14.0. The van der Waals surface area contributed by atoms with Crippen LogP contribution in [0.15, 0.2) is 42.5 Å². The summed E-state index contributed by atoms with van der Waals surface area (Å²) in [6.07, 6.45) is 0. The quantitative estimate of drug-likeness (QED) is 0.881. The molecule has 0 spiro atoms. The number of carbonyl (C=O) groups excluding carboxylic acids is 2. The molecule has 120 valence electrons. The van der Waals surface area contributed by atoms with Crippen molar-refractivity contribution in [3.63, 3.8) is 0 Å². The average Bonchev–Trinajstić information content (AvgIpc) is 2.52. The zero-order valence-electron chi connectivity index (χ0n) is 14.0. The monoisotopic (exact) mass is 310 g/mol. The van der Waals surface area contributed by atoms with Crippen LogP contribution < -0.4 is 10.2 Å². The van der Waals surface area contributed by atoms with Crippen LogP contribution in [0.1, 0.15) is 23.6 Å². The maximum absolute atomic E-state index is 12.5. The van der Waals surface area contributed by atoms with Gasteiger partial charge >= 0.3 is 11.8 Å². The molecule has 2 aromatic carbocycles. The minimum Gasteiger partial charge on any atom is -0.318 e. The van der Waals surface area contributed by atoms with E-state index in [1.807, 2.05) is 64.1 Å². The van der Waals surface area contributed by atoms with E-state index in [1.54, 1.807) is 6.07 Å². The second-order valence-corrected chi connectivity index (χ2v) is 5.59. The van der Waals surface area contributed by atoms with E-state index in [4.69, 9.17) is 0 Å². The number of hydrogen-bond donors (Lipinski definition) is 1.